The summed E-state index contributed by atoms with van der Waals surface area (Å²) in [5.74, 6) is 0.814. The maximum Gasteiger partial charge on any atom is 0.0589 e. The van der Waals surface area contributed by atoms with E-state index in [9.17, 15) is 0 Å². The molecule has 3 heteroatoms. The minimum absolute atomic E-state index is 0.455. The largest absolute Gasteiger partial charge is 0.383 e. The molecule has 2 atom stereocenters. The Morgan fingerprint density at radius 3 is 2.60 bits per heavy atom. The van der Waals surface area contributed by atoms with Crippen LogP contribution >= 0.6 is 0 Å². The highest BCUT2D eigenvalue weighted by molar-refractivity contribution is 4.98. The summed E-state index contributed by atoms with van der Waals surface area (Å²) in [7, 11) is 1.81. The molecule has 0 bridgehead atoms. The van der Waals surface area contributed by atoms with Crippen LogP contribution in [0.3, 0.4) is 0 Å². The zero-order chi connectivity index (χ0) is 14.6. The Hall–Kier alpha value is -0.120. The lowest BCUT2D eigenvalue weighted by Gasteiger charge is -2.34. The van der Waals surface area contributed by atoms with Crippen molar-refractivity contribution in [3.63, 3.8) is 0 Å². The molecule has 2 aliphatic carbocycles. The van der Waals surface area contributed by atoms with Crippen molar-refractivity contribution in [1.29, 1.82) is 0 Å². The number of hydrogen-bond acceptors (Lipinski definition) is 3. The van der Waals surface area contributed by atoms with E-state index in [4.69, 9.17) is 4.74 Å². The summed E-state index contributed by atoms with van der Waals surface area (Å²) < 4.78 is 5.29. The monoisotopic (exact) mass is 282 g/mol. The van der Waals surface area contributed by atoms with E-state index in [2.05, 4.69) is 31.0 Å². The van der Waals surface area contributed by atoms with Crippen molar-refractivity contribution in [2.45, 2.75) is 65.0 Å². The molecule has 2 fully saturated rings. The Balaban J connectivity index is 1.91. The van der Waals surface area contributed by atoms with Gasteiger partial charge in [0.2, 0.25) is 0 Å². The molecule has 0 aromatic rings. The summed E-state index contributed by atoms with van der Waals surface area (Å²) in [5.41, 5.74) is 0.455. The van der Waals surface area contributed by atoms with Gasteiger partial charge >= 0.3 is 0 Å². The van der Waals surface area contributed by atoms with E-state index in [1.54, 1.807) is 0 Å². The standard InChI is InChI=1S/C17H34N2O/c1-5-10-18-16-14(8-9-17(16,2)3)13-19(11-12-20-4)15-6-7-15/h14-16,18H,5-13H2,1-4H3. The zero-order valence-corrected chi connectivity index (χ0v) is 14.0. The van der Waals surface area contributed by atoms with E-state index < -0.39 is 0 Å². The predicted octanol–water partition coefficient (Wildman–Crippen LogP) is 2.90. The Bertz CT molecular complexity index is 289. The summed E-state index contributed by atoms with van der Waals surface area (Å²) in [6.07, 6.45) is 6.77. The van der Waals surface area contributed by atoms with Gasteiger partial charge in [-0.15, -0.1) is 0 Å². The molecule has 0 saturated heterocycles. The van der Waals surface area contributed by atoms with E-state index in [0.29, 0.717) is 11.5 Å². The minimum atomic E-state index is 0.455. The molecule has 2 unspecified atom stereocenters. The maximum absolute atomic E-state index is 5.29. The molecule has 0 aliphatic heterocycles. The average Bonchev–Trinajstić information content (AvgIpc) is 3.20. The number of nitrogens with zero attached hydrogens (tertiary/aromatic N) is 1. The molecule has 20 heavy (non-hydrogen) atoms. The lowest BCUT2D eigenvalue weighted by Crippen LogP contribution is -2.46. The summed E-state index contributed by atoms with van der Waals surface area (Å²) in [5, 5.41) is 3.83. The normalized spacial score (nSPS) is 29.2. The van der Waals surface area contributed by atoms with Gasteiger partial charge in [0.25, 0.3) is 0 Å². The number of hydrogen-bond donors (Lipinski definition) is 1. The van der Waals surface area contributed by atoms with Gasteiger partial charge in [-0.3, -0.25) is 4.90 Å². The number of rotatable bonds is 9. The molecule has 118 valence electrons. The van der Waals surface area contributed by atoms with Gasteiger partial charge in [0, 0.05) is 32.3 Å². The smallest absolute Gasteiger partial charge is 0.0589 e. The maximum atomic E-state index is 5.29. The number of nitrogens with one attached hydrogen (secondary N) is 1. The fraction of sp³-hybridized carbons (Fsp3) is 1.00. The Kier molecular flexibility index (Phi) is 5.88. The fourth-order valence-corrected chi connectivity index (χ4v) is 3.83. The van der Waals surface area contributed by atoms with Gasteiger partial charge in [0.1, 0.15) is 0 Å². The van der Waals surface area contributed by atoms with Crippen molar-refractivity contribution in [3.8, 4) is 0 Å². The first-order valence-electron chi connectivity index (χ1n) is 8.55. The molecule has 0 aromatic heterocycles. The van der Waals surface area contributed by atoms with Crippen LogP contribution in [0.15, 0.2) is 0 Å². The van der Waals surface area contributed by atoms with Crippen LogP contribution in [0.5, 0.6) is 0 Å². The van der Waals surface area contributed by atoms with E-state index in [0.717, 1.165) is 31.7 Å². The molecule has 3 nitrogen and oxygen atoms in total. The lowest BCUT2D eigenvalue weighted by molar-refractivity contribution is 0.121. The van der Waals surface area contributed by atoms with Gasteiger partial charge in [-0.25, -0.2) is 0 Å². The van der Waals surface area contributed by atoms with Crippen LogP contribution in [0.1, 0.15) is 52.9 Å². The van der Waals surface area contributed by atoms with Crippen molar-refractivity contribution in [1.82, 2.24) is 10.2 Å². The summed E-state index contributed by atoms with van der Waals surface area (Å²) in [6.45, 7) is 11.6. The molecule has 0 heterocycles. The van der Waals surface area contributed by atoms with Crippen LogP contribution in [0.2, 0.25) is 0 Å². The molecule has 2 rings (SSSR count). The molecule has 0 spiro atoms. The highest BCUT2D eigenvalue weighted by Crippen LogP contribution is 2.42. The second kappa shape index (κ2) is 7.24. The van der Waals surface area contributed by atoms with Crippen molar-refractivity contribution < 1.29 is 4.74 Å². The third kappa shape index (κ3) is 4.19. The van der Waals surface area contributed by atoms with Gasteiger partial charge in [-0.05, 0) is 50.0 Å². The molecule has 1 N–H and O–H groups in total. The molecule has 2 aliphatic rings. The summed E-state index contributed by atoms with van der Waals surface area (Å²) >= 11 is 0. The van der Waals surface area contributed by atoms with E-state index in [1.807, 2.05) is 7.11 Å². The topological polar surface area (TPSA) is 24.5 Å². The molecule has 0 radical (unpaired) electrons. The van der Waals surface area contributed by atoms with Crippen LogP contribution in [-0.4, -0.2) is 50.3 Å². The Morgan fingerprint density at radius 1 is 1.25 bits per heavy atom. The van der Waals surface area contributed by atoms with Crippen molar-refractivity contribution in [3.05, 3.63) is 0 Å². The zero-order valence-electron chi connectivity index (χ0n) is 14.0. The van der Waals surface area contributed by atoms with Gasteiger partial charge in [-0.2, -0.15) is 0 Å². The predicted molar refractivity (Wildman–Crippen MR) is 85.1 cm³/mol. The summed E-state index contributed by atoms with van der Waals surface area (Å²) in [6, 6.07) is 1.53. The van der Waals surface area contributed by atoms with Gasteiger partial charge in [0.15, 0.2) is 0 Å². The van der Waals surface area contributed by atoms with Crippen molar-refractivity contribution in [2.75, 3.05) is 33.4 Å². The fourth-order valence-electron chi connectivity index (χ4n) is 3.83. The average molecular weight is 282 g/mol. The molecule has 2 saturated carbocycles. The SMILES string of the molecule is CCCNC1C(CN(CCOC)C2CC2)CCC1(C)C. The van der Waals surface area contributed by atoms with E-state index >= 15 is 0 Å². The number of methoxy groups -OCH3 is 1. The highest BCUT2D eigenvalue weighted by atomic mass is 16.5. The van der Waals surface area contributed by atoms with Crippen molar-refractivity contribution in [2.24, 2.45) is 11.3 Å². The third-order valence-electron chi connectivity index (χ3n) is 5.20. The molecule has 0 amide bonds. The first-order valence-corrected chi connectivity index (χ1v) is 8.55. The summed E-state index contributed by atoms with van der Waals surface area (Å²) in [4.78, 5) is 2.69. The molecular weight excluding hydrogens is 248 g/mol. The third-order valence-corrected chi connectivity index (χ3v) is 5.20. The molecule has 0 aromatic carbocycles. The van der Waals surface area contributed by atoms with Crippen LogP contribution < -0.4 is 5.32 Å². The first kappa shape index (κ1) is 16.3. The van der Waals surface area contributed by atoms with Crippen LogP contribution in [0.25, 0.3) is 0 Å². The number of ether oxygens (including phenoxy) is 1. The van der Waals surface area contributed by atoms with Crippen molar-refractivity contribution >= 4 is 0 Å². The minimum Gasteiger partial charge on any atom is -0.383 e. The highest BCUT2D eigenvalue weighted by Gasteiger charge is 2.43. The van der Waals surface area contributed by atoms with E-state index in [1.165, 1.54) is 38.6 Å². The Labute approximate surface area is 125 Å². The van der Waals surface area contributed by atoms with Crippen LogP contribution in [-0.2, 0) is 4.74 Å². The Morgan fingerprint density at radius 2 is 2.00 bits per heavy atom. The first-order chi connectivity index (χ1) is 9.58. The van der Waals surface area contributed by atoms with Gasteiger partial charge in [0.05, 0.1) is 6.61 Å². The van der Waals surface area contributed by atoms with E-state index in [-0.39, 0.29) is 0 Å². The second-order valence-electron chi connectivity index (χ2n) is 7.44. The second-order valence-corrected chi connectivity index (χ2v) is 7.44. The molecular formula is C17H34N2O. The van der Waals surface area contributed by atoms with Crippen LogP contribution in [0, 0.1) is 11.3 Å². The lowest BCUT2D eigenvalue weighted by atomic mass is 9.84. The van der Waals surface area contributed by atoms with Gasteiger partial charge in [-0.1, -0.05) is 20.8 Å². The van der Waals surface area contributed by atoms with Gasteiger partial charge < -0.3 is 10.1 Å². The van der Waals surface area contributed by atoms with Crippen LogP contribution in [0.4, 0.5) is 0 Å². The quantitative estimate of drug-likeness (QED) is 0.704.